The first kappa shape index (κ1) is 27.1. The largest absolute Gasteiger partial charge is 0.494 e. The normalized spacial score (nSPS) is 17.5. The molecular weight excluding hydrogens is 477 g/mol. The fourth-order valence-electron chi connectivity index (χ4n) is 4.83. The molecule has 1 aliphatic rings. The van der Waals surface area contributed by atoms with Gasteiger partial charge >= 0.3 is 0 Å². The number of unbranched alkanes of at least 4 members (excludes halogenated alkanes) is 1. The average molecular weight is 513 g/mol. The molecule has 0 aliphatic heterocycles. The number of hydrogen-bond acceptors (Lipinski definition) is 3. The summed E-state index contributed by atoms with van der Waals surface area (Å²) in [4.78, 5) is 0. The molecule has 0 radical (unpaired) electrons. The molecule has 3 nitrogen and oxygen atoms in total. The van der Waals surface area contributed by atoms with Crippen molar-refractivity contribution in [3.63, 3.8) is 0 Å². The second-order valence-electron chi connectivity index (χ2n) is 9.54. The Morgan fingerprint density at radius 1 is 0.811 bits per heavy atom. The van der Waals surface area contributed by atoms with Gasteiger partial charge in [-0.15, -0.1) is 0 Å². The third-order valence-corrected chi connectivity index (χ3v) is 6.95. The Labute approximate surface area is 217 Å². The molecule has 4 rings (SSSR count). The molecule has 0 amide bonds. The number of rotatable bonds is 11. The highest BCUT2D eigenvalue weighted by Crippen LogP contribution is 2.38. The minimum atomic E-state index is -0.820. The molecular formula is C31H35F3O3. The summed E-state index contributed by atoms with van der Waals surface area (Å²) >= 11 is 0. The van der Waals surface area contributed by atoms with Crippen LogP contribution in [0.15, 0.2) is 54.6 Å². The molecule has 0 spiro atoms. The topological polar surface area (TPSA) is 27.7 Å². The van der Waals surface area contributed by atoms with Crippen LogP contribution < -0.4 is 9.47 Å². The lowest BCUT2D eigenvalue weighted by Crippen LogP contribution is -2.22. The molecule has 1 fully saturated rings. The van der Waals surface area contributed by atoms with E-state index < -0.39 is 17.5 Å². The molecule has 3 aromatic carbocycles. The van der Waals surface area contributed by atoms with Crippen LogP contribution in [0.25, 0.3) is 11.1 Å². The van der Waals surface area contributed by atoms with Gasteiger partial charge in [-0.25, -0.2) is 13.2 Å². The van der Waals surface area contributed by atoms with Crippen LogP contribution >= 0.6 is 0 Å². The summed E-state index contributed by atoms with van der Waals surface area (Å²) < 4.78 is 61.2. The summed E-state index contributed by atoms with van der Waals surface area (Å²) in [5.41, 5.74) is 2.04. The molecule has 3 aromatic rings. The summed E-state index contributed by atoms with van der Waals surface area (Å²) in [6.45, 7) is 5.34. The summed E-state index contributed by atoms with van der Waals surface area (Å²) in [6.07, 6.45) is 5.74. The molecule has 6 heteroatoms. The zero-order chi connectivity index (χ0) is 26.2. The SMILES string of the molecule is CCCCOC1CCC(c2ccc(-c3ccc(COc4ccc(OCC)cc4F)cc3)c(F)c2F)CC1. The zero-order valence-corrected chi connectivity index (χ0v) is 21.6. The molecule has 0 atom stereocenters. The predicted molar refractivity (Wildman–Crippen MR) is 140 cm³/mol. The minimum absolute atomic E-state index is 0.0112. The minimum Gasteiger partial charge on any atom is -0.494 e. The first-order valence-corrected chi connectivity index (χ1v) is 13.2. The van der Waals surface area contributed by atoms with Crippen LogP contribution in [-0.4, -0.2) is 19.3 Å². The standard InChI is InChI=1S/C31H35F3O3/c1-3-5-18-36-24-12-10-23(11-13-24)27-16-15-26(30(33)31(27)34)22-8-6-21(7-9-22)20-37-29-17-14-25(35-4-2)19-28(29)32/h6-9,14-17,19,23-24H,3-5,10-13,18,20H2,1-2H3. The lowest BCUT2D eigenvalue weighted by atomic mass is 9.82. The van der Waals surface area contributed by atoms with Crippen LogP contribution in [0.1, 0.15) is 69.4 Å². The maximum atomic E-state index is 15.1. The number of benzene rings is 3. The van der Waals surface area contributed by atoms with Crippen molar-refractivity contribution in [2.75, 3.05) is 13.2 Å². The van der Waals surface area contributed by atoms with Gasteiger partial charge in [0, 0.05) is 18.2 Å². The highest BCUT2D eigenvalue weighted by Gasteiger charge is 2.27. The van der Waals surface area contributed by atoms with E-state index in [0.29, 0.717) is 23.5 Å². The van der Waals surface area contributed by atoms with E-state index in [1.807, 2.05) is 6.92 Å². The van der Waals surface area contributed by atoms with Crippen LogP contribution in [0.2, 0.25) is 0 Å². The Kier molecular flexibility index (Phi) is 9.51. The highest BCUT2D eigenvalue weighted by atomic mass is 19.2. The van der Waals surface area contributed by atoms with Gasteiger partial charge in [0.2, 0.25) is 0 Å². The van der Waals surface area contributed by atoms with Gasteiger partial charge in [0.1, 0.15) is 12.4 Å². The van der Waals surface area contributed by atoms with Gasteiger partial charge in [0.25, 0.3) is 0 Å². The smallest absolute Gasteiger partial charge is 0.168 e. The van der Waals surface area contributed by atoms with Gasteiger partial charge in [0.15, 0.2) is 23.2 Å². The van der Waals surface area contributed by atoms with Gasteiger partial charge in [-0.1, -0.05) is 49.7 Å². The van der Waals surface area contributed by atoms with Crippen molar-refractivity contribution in [1.29, 1.82) is 0 Å². The van der Waals surface area contributed by atoms with Crippen molar-refractivity contribution in [2.24, 2.45) is 0 Å². The van der Waals surface area contributed by atoms with Crippen LogP contribution in [0.4, 0.5) is 13.2 Å². The van der Waals surface area contributed by atoms with Gasteiger partial charge < -0.3 is 14.2 Å². The summed E-state index contributed by atoms with van der Waals surface area (Å²) in [5, 5.41) is 0. The Bertz CT molecular complexity index is 1160. The van der Waals surface area contributed by atoms with E-state index in [2.05, 4.69) is 6.92 Å². The van der Waals surface area contributed by atoms with Crippen molar-refractivity contribution in [1.82, 2.24) is 0 Å². The summed E-state index contributed by atoms with van der Waals surface area (Å²) in [6, 6.07) is 14.9. The van der Waals surface area contributed by atoms with Crippen molar-refractivity contribution in [2.45, 2.75) is 71.0 Å². The third-order valence-electron chi connectivity index (χ3n) is 6.95. The van der Waals surface area contributed by atoms with Gasteiger partial charge in [-0.05, 0) is 73.8 Å². The Hall–Kier alpha value is -2.99. The summed E-state index contributed by atoms with van der Waals surface area (Å²) in [5.74, 6) is -1.50. The maximum Gasteiger partial charge on any atom is 0.168 e. The fraction of sp³-hybridized carbons (Fsp3) is 0.419. The molecule has 0 saturated heterocycles. The second kappa shape index (κ2) is 13.0. The summed E-state index contributed by atoms with van der Waals surface area (Å²) in [7, 11) is 0. The lowest BCUT2D eigenvalue weighted by molar-refractivity contribution is 0.0230. The Morgan fingerprint density at radius 3 is 2.24 bits per heavy atom. The Balaban J connectivity index is 1.37. The Morgan fingerprint density at radius 2 is 1.57 bits per heavy atom. The van der Waals surface area contributed by atoms with Crippen molar-refractivity contribution < 1.29 is 27.4 Å². The van der Waals surface area contributed by atoms with Gasteiger partial charge in [0.05, 0.1) is 12.7 Å². The van der Waals surface area contributed by atoms with Crippen LogP contribution in [-0.2, 0) is 11.3 Å². The fourth-order valence-corrected chi connectivity index (χ4v) is 4.83. The molecule has 37 heavy (non-hydrogen) atoms. The quantitative estimate of drug-likeness (QED) is 0.241. The first-order valence-electron chi connectivity index (χ1n) is 13.2. The molecule has 0 N–H and O–H groups in total. The second-order valence-corrected chi connectivity index (χ2v) is 9.54. The number of halogens is 3. The first-order chi connectivity index (χ1) is 18.0. The molecule has 0 bridgehead atoms. The average Bonchev–Trinajstić information content (AvgIpc) is 2.91. The van der Waals surface area contributed by atoms with Crippen molar-refractivity contribution in [3.05, 3.63) is 83.2 Å². The third kappa shape index (κ3) is 6.86. The van der Waals surface area contributed by atoms with Crippen molar-refractivity contribution in [3.8, 4) is 22.6 Å². The van der Waals surface area contributed by atoms with E-state index in [-0.39, 0.29) is 29.9 Å². The van der Waals surface area contributed by atoms with E-state index in [0.717, 1.165) is 50.7 Å². The monoisotopic (exact) mass is 512 g/mol. The van der Waals surface area contributed by atoms with Gasteiger partial charge in [-0.2, -0.15) is 0 Å². The predicted octanol–water partition coefficient (Wildman–Crippen LogP) is 8.59. The zero-order valence-electron chi connectivity index (χ0n) is 21.6. The van der Waals surface area contributed by atoms with E-state index in [9.17, 15) is 4.39 Å². The highest BCUT2D eigenvalue weighted by molar-refractivity contribution is 5.65. The van der Waals surface area contributed by atoms with E-state index >= 15 is 8.78 Å². The van der Waals surface area contributed by atoms with Crippen molar-refractivity contribution >= 4 is 0 Å². The maximum absolute atomic E-state index is 15.1. The van der Waals surface area contributed by atoms with E-state index in [1.165, 1.54) is 12.1 Å². The van der Waals surface area contributed by atoms with Crippen LogP contribution in [0, 0.1) is 17.5 Å². The van der Waals surface area contributed by atoms with E-state index in [4.69, 9.17) is 14.2 Å². The molecule has 1 aliphatic carbocycles. The number of ether oxygens (including phenoxy) is 3. The lowest BCUT2D eigenvalue weighted by Gasteiger charge is -2.29. The van der Waals surface area contributed by atoms with Crippen LogP contribution in [0.5, 0.6) is 11.5 Å². The van der Waals surface area contributed by atoms with Crippen LogP contribution in [0.3, 0.4) is 0 Å². The molecule has 0 unspecified atom stereocenters. The number of hydrogen-bond donors (Lipinski definition) is 0. The molecule has 0 aromatic heterocycles. The molecule has 1 saturated carbocycles. The van der Waals surface area contributed by atoms with E-state index in [1.54, 1.807) is 42.5 Å². The van der Waals surface area contributed by atoms with Gasteiger partial charge in [-0.3, -0.25) is 0 Å². The molecule has 0 heterocycles. The molecule has 198 valence electrons.